The first-order valence-electron chi connectivity index (χ1n) is 4.58. The number of hydrogen-bond donors (Lipinski definition) is 2. The Morgan fingerprint density at radius 2 is 2.40 bits per heavy atom. The van der Waals surface area contributed by atoms with Crippen LogP contribution >= 0.6 is 0 Å². The first kappa shape index (κ1) is 10.2. The lowest BCUT2D eigenvalue weighted by atomic mass is 10.3. The Balaban J connectivity index is 1.86. The average molecular weight is 212 g/mol. The van der Waals surface area contributed by atoms with Crippen molar-refractivity contribution < 1.29 is 18.7 Å². The van der Waals surface area contributed by atoms with Crippen molar-refractivity contribution in [3.63, 3.8) is 0 Å². The molecule has 15 heavy (non-hydrogen) atoms. The van der Waals surface area contributed by atoms with Gasteiger partial charge in [-0.1, -0.05) is 0 Å². The van der Waals surface area contributed by atoms with Gasteiger partial charge in [0.2, 0.25) is 0 Å². The standard InChI is InChI=1S/C9H12N2O4/c10-11-9(12)8-2-1-6(15-8)5-14-7-3-13-4-7/h1-2,7H,3-5,10H2,(H,11,12). The maximum atomic E-state index is 11.0. The summed E-state index contributed by atoms with van der Waals surface area (Å²) in [6, 6.07) is 3.24. The van der Waals surface area contributed by atoms with Gasteiger partial charge in [-0.05, 0) is 12.1 Å². The minimum atomic E-state index is -0.451. The smallest absolute Gasteiger partial charge is 0.300 e. The molecular weight excluding hydrogens is 200 g/mol. The zero-order valence-electron chi connectivity index (χ0n) is 8.06. The van der Waals surface area contributed by atoms with Crippen molar-refractivity contribution in [3.05, 3.63) is 23.7 Å². The van der Waals surface area contributed by atoms with Crippen molar-refractivity contribution in [2.24, 2.45) is 5.84 Å². The van der Waals surface area contributed by atoms with E-state index in [1.807, 2.05) is 5.43 Å². The van der Waals surface area contributed by atoms with E-state index < -0.39 is 5.91 Å². The van der Waals surface area contributed by atoms with Gasteiger partial charge in [0.25, 0.3) is 0 Å². The van der Waals surface area contributed by atoms with Crippen LogP contribution in [0.2, 0.25) is 0 Å². The molecule has 1 saturated heterocycles. The fourth-order valence-corrected chi connectivity index (χ4v) is 1.16. The van der Waals surface area contributed by atoms with Crippen molar-refractivity contribution in [2.45, 2.75) is 12.7 Å². The van der Waals surface area contributed by atoms with Crippen LogP contribution in [0.15, 0.2) is 16.5 Å². The molecule has 82 valence electrons. The van der Waals surface area contributed by atoms with E-state index in [0.717, 1.165) is 0 Å². The monoisotopic (exact) mass is 212 g/mol. The normalized spacial score (nSPS) is 16.1. The lowest BCUT2D eigenvalue weighted by molar-refractivity contribution is -0.137. The molecule has 2 rings (SSSR count). The fraction of sp³-hybridized carbons (Fsp3) is 0.444. The summed E-state index contributed by atoms with van der Waals surface area (Å²) in [5, 5.41) is 0. The van der Waals surface area contributed by atoms with Crippen LogP contribution in [0.3, 0.4) is 0 Å². The molecule has 6 heteroatoms. The van der Waals surface area contributed by atoms with E-state index in [1.165, 1.54) is 0 Å². The van der Waals surface area contributed by atoms with Crippen LogP contribution in [0.4, 0.5) is 0 Å². The molecule has 6 nitrogen and oxygen atoms in total. The van der Waals surface area contributed by atoms with Crippen LogP contribution in [0.25, 0.3) is 0 Å². The summed E-state index contributed by atoms with van der Waals surface area (Å²) in [4.78, 5) is 11.0. The highest BCUT2D eigenvalue weighted by Crippen LogP contribution is 2.12. The number of carbonyl (C=O) groups excluding carboxylic acids is 1. The number of furan rings is 1. The third kappa shape index (κ3) is 2.35. The van der Waals surface area contributed by atoms with Crippen molar-refractivity contribution in [3.8, 4) is 0 Å². The van der Waals surface area contributed by atoms with Gasteiger partial charge in [0.05, 0.1) is 13.2 Å². The molecule has 1 aliphatic rings. The Labute approximate surface area is 86.3 Å². The molecule has 0 unspecified atom stereocenters. The van der Waals surface area contributed by atoms with E-state index >= 15 is 0 Å². The van der Waals surface area contributed by atoms with E-state index in [1.54, 1.807) is 12.1 Å². The first-order chi connectivity index (χ1) is 7.29. The van der Waals surface area contributed by atoms with Crippen LogP contribution in [0.5, 0.6) is 0 Å². The lowest BCUT2D eigenvalue weighted by Crippen LogP contribution is -2.35. The number of hydrogen-bond acceptors (Lipinski definition) is 5. The van der Waals surface area contributed by atoms with Gasteiger partial charge in [0.15, 0.2) is 5.76 Å². The summed E-state index contributed by atoms with van der Waals surface area (Å²) >= 11 is 0. The second-order valence-corrected chi connectivity index (χ2v) is 3.21. The number of hydrazine groups is 1. The van der Waals surface area contributed by atoms with Gasteiger partial charge in [0, 0.05) is 0 Å². The number of nitrogens with two attached hydrogens (primary N) is 1. The Kier molecular flexibility index (Phi) is 3.00. The lowest BCUT2D eigenvalue weighted by Gasteiger charge is -2.25. The molecule has 0 spiro atoms. The number of rotatable bonds is 4. The summed E-state index contributed by atoms with van der Waals surface area (Å²) < 4.78 is 15.6. The van der Waals surface area contributed by atoms with E-state index in [9.17, 15) is 4.79 Å². The summed E-state index contributed by atoms with van der Waals surface area (Å²) in [5.41, 5.74) is 1.99. The highest BCUT2D eigenvalue weighted by molar-refractivity contribution is 5.90. The first-order valence-corrected chi connectivity index (χ1v) is 4.58. The van der Waals surface area contributed by atoms with Gasteiger partial charge in [-0.25, -0.2) is 5.84 Å². The number of amides is 1. The van der Waals surface area contributed by atoms with E-state index in [2.05, 4.69) is 0 Å². The van der Waals surface area contributed by atoms with Crippen LogP contribution in [0.1, 0.15) is 16.3 Å². The molecule has 0 aromatic carbocycles. The van der Waals surface area contributed by atoms with Crippen LogP contribution in [-0.4, -0.2) is 25.2 Å². The van der Waals surface area contributed by atoms with Crippen molar-refractivity contribution in [1.29, 1.82) is 0 Å². The van der Waals surface area contributed by atoms with E-state index in [4.69, 9.17) is 19.7 Å². The zero-order chi connectivity index (χ0) is 10.7. The molecule has 1 amide bonds. The van der Waals surface area contributed by atoms with Crippen LogP contribution in [0, 0.1) is 0 Å². The van der Waals surface area contributed by atoms with Gasteiger partial charge >= 0.3 is 5.91 Å². The largest absolute Gasteiger partial charge is 0.453 e. The van der Waals surface area contributed by atoms with Crippen molar-refractivity contribution in [1.82, 2.24) is 5.43 Å². The molecular formula is C9H12N2O4. The van der Waals surface area contributed by atoms with Crippen LogP contribution < -0.4 is 11.3 Å². The molecule has 3 N–H and O–H groups in total. The second-order valence-electron chi connectivity index (χ2n) is 3.21. The predicted molar refractivity (Wildman–Crippen MR) is 49.8 cm³/mol. The third-order valence-electron chi connectivity index (χ3n) is 2.09. The average Bonchev–Trinajstić information content (AvgIpc) is 2.63. The highest BCUT2D eigenvalue weighted by Gasteiger charge is 2.19. The molecule has 0 bridgehead atoms. The number of nitrogens with one attached hydrogen (secondary N) is 1. The third-order valence-corrected chi connectivity index (χ3v) is 2.09. The topological polar surface area (TPSA) is 86.7 Å². The molecule has 1 fully saturated rings. The van der Waals surface area contributed by atoms with Crippen LogP contribution in [-0.2, 0) is 16.1 Å². The quantitative estimate of drug-likeness (QED) is 0.410. The zero-order valence-corrected chi connectivity index (χ0v) is 8.06. The minimum Gasteiger partial charge on any atom is -0.453 e. The predicted octanol–water partition coefficient (Wildman–Crippen LogP) is -0.202. The van der Waals surface area contributed by atoms with Crippen molar-refractivity contribution >= 4 is 5.91 Å². The summed E-state index contributed by atoms with van der Waals surface area (Å²) in [7, 11) is 0. The molecule has 1 aliphatic heterocycles. The van der Waals surface area contributed by atoms with Gasteiger partial charge in [-0.15, -0.1) is 0 Å². The highest BCUT2D eigenvalue weighted by atomic mass is 16.6. The van der Waals surface area contributed by atoms with Gasteiger partial charge in [-0.3, -0.25) is 10.2 Å². The van der Waals surface area contributed by atoms with Gasteiger partial charge < -0.3 is 13.9 Å². The Hall–Kier alpha value is -1.37. The van der Waals surface area contributed by atoms with E-state index in [0.29, 0.717) is 25.6 Å². The maximum absolute atomic E-state index is 11.0. The minimum absolute atomic E-state index is 0.141. The summed E-state index contributed by atoms with van der Waals surface area (Å²) in [6.07, 6.45) is 0.141. The Morgan fingerprint density at radius 3 is 3.00 bits per heavy atom. The molecule has 1 aromatic heterocycles. The summed E-state index contributed by atoms with van der Waals surface area (Å²) in [5.74, 6) is 5.29. The maximum Gasteiger partial charge on any atom is 0.300 e. The molecule has 0 aliphatic carbocycles. The van der Waals surface area contributed by atoms with Gasteiger partial charge in [-0.2, -0.15) is 0 Å². The fourth-order valence-electron chi connectivity index (χ4n) is 1.16. The molecule has 2 heterocycles. The molecule has 0 radical (unpaired) electrons. The number of ether oxygens (including phenoxy) is 2. The SMILES string of the molecule is NNC(=O)c1ccc(COC2COC2)o1. The van der Waals surface area contributed by atoms with Gasteiger partial charge in [0.1, 0.15) is 18.5 Å². The second kappa shape index (κ2) is 4.43. The Bertz CT molecular complexity index is 346. The molecule has 0 saturated carbocycles. The molecule has 0 atom stereocenters. The number of carbonyl (C=O) groups is 1. The molecule has 1 aromatic rings. The Morgan fingerprint density at radius 1 is 1.60 bits per heavy atom. The van der Waals surface area contributed by atoms with Crippen molar-refractivity contribution in [2.75, 3.05) is 13.2 Å². The number of nitrogen functional groups attached to an aromatic ring is 1. The summed E-state index contributed by atoms with van der Waals surface area (Å²) in [6.45, 7) is 1.58. The van der Waals surface area contributed by atoms with E-state index in [-0.39, 0.29) is 11.9 Å².